The van der Waals surface area contributed by atoms with Crippen molar-refractivity contribution in [3.8, 4) is 0 Å². The van der Waals surface area contributed by atoms with E-state index >= 15 is 0 Å². The summed E-state index contributed by atoms with van der Waals surface area (Å²) in [4.78, 5) is 47.7. The number of β-lactam (4-membered cyclic amide) rings is 1. The predicted molar refractivity (Wildman–Crippen MR) is 99.2 cm³/mol. The molecule has 0 radical (unpaired) electrons. The van der Waals surface area contributed by atoms with Crippen molar-refractivity contribution in [3.05, 3.63) is 23.7 Å². The minimum Gasteiger partial charge on any atom is -0.387 e. The number of aromatic nitrogens is 4. The van der Waals surface area contributed by atoms with Crippen molar-refractivity contribution >= 4 is 50.6 Å². The van der Waals surface area contributed by atoms with E-state index < -0.39 is 40.8 Å². The molecule has 17 heteroatoms. The molecule has 2 atom stereocenters. The summed E-state index contributed by atoms with van der Waals surface area (Å²) in [5.74, 6) is -2.01. The molecule has 1 aliphatic heterocycles. The number of carbonyl (C=O) groups excluding carboxylic acids is 3. The minimum atomic E-state index is -4.87. The van der Waals surface area contributed by atoms with Gasteiger partial charge in [-0.15, -0.1) is 11.3 Å². The van der Waals surface area contributed by atoms with Crippen LogP contribution in [-0.4, -0.2) is 79.5 Å². The largest absolute Gasteiger partial charge is 0.387 e. The van der Waals surface area contributed by atoms with Crippen LogP contribution in [0.1, 0.15) is 5.69 Å². The number of thiazole rings is 1. The summed E-state index contributed by atoms with van der Waals surface area (Å²) in [7, 11) is -4.87. The molecule has 0 aromatic carbocycles. The summed E-state index contributed by atoms with van der Waals surface area (Å²) in [5, 5.41) is 11.2. The van der Waals surface area contributed by atoms with Crippen LogP contribution in [0, 0.1) is 0 Å². The fourth-order valence-corrected chi connectivity index (χ4v) is 4.02. The summed E-state index contributed by atoms with van der Waals surface area (Å²) in [6.45, 7) is -0.627. The molecular weight excluding hydrogens is 444 g/mol. The van der Waals surface area contributed by atoms with Crippen LogP contribution in [0.4, 0.5) is 5.13 Å². The zero-order valence-corrected chi connectivity index (χ0v) is 16.5. The quantitative estimate of drug-likeness (QED) is 0.0887. The van der Waals surface area contributed by atoms with Gasteiger partial charge in [0.15, 0.2) is 23.7 Å². The number of amides is 2. The number of nitrogens with one attached hydrogen (secondary N) is 1. The van der Waals surface area contributed by atoms with E-state index in [1.807, 2.05) is 0 Å². The first-order chi connectivity index (χ1) is 14.2. The normalized spacial score (nSPS) is 19.3. The number of aldehydes is 1. The van der Waals surface area contributed by atoms with E-state index in [9.17, 15) is 27.4 Å². The molecule has 3 heterocycles. The molecule has 1 fully saturated rings. The Kier molecular flexibility index (Phi) is 6.04. The van der Waals surface area contributed by atoms with E-state index in [0.29, 0.717) is 6.29 Å². The number of rotatable bonds is 9. The van der Waals surface area contributed by atoms with Gasteiger partial charge in [0, 0.05) is 5.38 Å². The average molecular weight is 458 g/mol. The van der Waals surface area contributed by atoms with Crippen LogP contribution < -0.4 is 11.1 Å². The van der Waals surface area contributed by atoms with E-state index in [1.165, 1.54) is 22.7 Å². The van der Waals surface area contributed by atoms with E-state index in [0.717, 1.165) is 11.3 Å². The number of nitrogens with two attached hydrogens (primary N) is 1. The lowest BCUT2D eigenvalue weighted by Crippen LogP contribution is -2.73. The van der Waals surface area contributed by atoms with Gasteiger partial charge in [0.1, 0.15) is 24.4 Å². The van der Waals surface area contributed by atoms with Gasteiger partial charge in [-0.05, 0) is 0 Å². The molecule has 2 unspecified atom stereocenters. The van der Waals surface area contributed by atoms with Gasteiger partial charge in [-0.3, -0.25) is 23.6 Å². The van der Waals surface area contributed by atoms with Crippen molar-refractivity contribution in [2.75, 3.05) is 12.3 Å². The lowest BCUT2D eigenvalue weighted by Gasteiger charge is -2.43. The fourth-order valence-electron chi connectivity index (χ4n) is 2.60. The smallest absolute Gasteiger partial charge is 0.362 e. The first kappa shape index (κ1) is 21.3. The van der Waals surface area contributed by atoms with Crippen LogP contribution in [0.3, 0.4) is 0 Å². The van der Waals surface area contributed by atoms with Gasteiger partial charge in [0.05, 0.1) is 12.6 Å². The maximum Gasteiger partial charge on any atom is 0.362 e. The van der Waals surface area contributed by atoms with Gasteiger partial charge in [-0.2, -0.15) is 13.5 Å². The second kappa shape index (κ2) is 8.51. The molecule has 15 nitrogen and oxygen atoms in total. The number of nitrogen functional groups attached to an aromatic ring is 1. The van der Waals surface area contributed by atoms with Crippen molar-refractivity contribution in [3.63, 3.8) is 0 Å². The van der Waals surface area contributed by atoms with Crippen molar-refractivity contribution in [1.82, 2.24) is 29.4 Å². The summed E-state index contributed by atoms with van der Waals surface area (Å²) >= 11 is 1.01. The van der Waals surface area contributed by atoms with E-state index in [1.54, 1.807) is 0 Å². The first-order valence-electron chi connectivity index (χ1n) is 8.01. The lowest BCUT2D eigenvalue weighted by molar-refractivity contribution is -0.145. The Morgan fingerprint density at radius 1 is 1.50 bits per heavy atom. The summed E-state index contributed by atoms with van der Waals surface area (Å²) in [6, 6.07) is -2.52. The van der Waals surface area contributed by atoms with Gasteiger partial charge in [0.2, 0.25) is 0 Å². The first-order valence-corrected chi connectivity index (χ1v) is 10.3. The predicted octanol–water partition coefficient (Wildman–Crippen LogP) is -2.56. The van der Waals surface area contributed by atoms with Crippen LogP contribution in [0.5, 0.6) is 0 Å². The Hall–Kier alpha value is -3.44. The molecule has 0 saturated carbocycles. The highest BCUT2D eigenvalue weighted by Crippen LogP contribution is 2.25. The van der Waals surface area contributed by atoms with Crippen LogP contribution >= 0.6 is 11.3 Å². The molecular formula is C13H14N8O7S2. The van der Waals surface area contributed by atoms with Crippen molar-refractivity contribution in [2.45, 2.75) is 18.6 Å². The number of hydrogen-bond acceptors (Lipinski definition) is 12. The topological polar surface area (TPSA) is 212 Å². The Morgan fingerprint density at radius 2 is 2.27 bits per heavy atom. The SMILES string of the molecule is Nc1nc(/C(=N/OCC=O)C(=O)NC2C(=O)N(S(=O)(=O)O)C2Cn2cncn2)cs1. The van der Waals surface area contributed by atoms with Crippen molar-refractivity contribution < 1.29 is 32.2 Å². The molecule has 2 aromatic rings. The van der Waals surface area contributed by atoms with Gasteiger partial charge >= 0.3 is 10.3 Å². The summed E-state index contributed by atoms with van der Waals surface area (Å²) in [6.07, 6.45) is 2.86. The van der Waals surface area contributed by atoms with E-state index in [4.69, 9.17) is 10.6 Å². The molecule has 30 heavy (non-hydrogen) atoms. The van der Waals surface area contributed by atoms with Gasteiger partial charge in [-0.25, -0.2) is 14.3 Å². The van der Waals surface area contributed by atoms with Gasteiger partial charge < -0.3 is 15.9 Å². The zero-order valence-electron chi connectivity index (χ0n) is 14.9. The summed E-state index contributed by atoms with van der Waals surface area (Å²) < 4.78 is 33.8. The number of anilines is 1. The highest BCUT2D eigenvalue weighted by Gasteiger charge is 2.54. The maximum atomic E-state index is 12.7. The third-order valence-corrected chi connectivity index (χ3v) is 5.44. The Morgan fingerprint density at radius 3 is 2.83 bits per heavy atom. The minimum absolute atomic E-state index is 0.0205. The lowest BCUT2D eigenvalue weighted by atomic mass is 9.98. The molecule has 3 rings (SSSR count). The highest BCUT2D eigenvalue weighted by molar-refractivity contribution is 7.84. The Labute approximate surface area is 172 Å². The molecule has 0 aliphatic carbocycles. The highest BCUT2D eigenvalue weighted by atomic mass is 32.2. The standard InChI is InChI=1S/C13H14N8O7S2/c14-13-17-7(4-29-13)9(19-28-2-1-22)11(23)18-10-8(3-20-6-15-5-16-20)21(12(10)24)30(25,26)27/h1,4-6,8,10H,2-3H2,(H2,14,17)(H,18,23)(H,25,26,27)/b19-9-. The Bertz CT molecular complexity index is 1080. The molecule has 0 spiro atoms. The van der Waals surface area contributed by atoms with Crippen molar-refractivity contribution in [2.24, 2.45) is 5.16 Å². The second-order valence-electron chi connectivity index (χ2n) is 5.72. The molecule has 2 amide bonds. The molecule has 4 N–H and O–H groups in total. The van der Waals surface area contributed by atoms with Crippen LogP contribution in [0.15, 0.2) is 23.2 Å². The third kappa shape index (κ3) is 4.42. The van der Waals surface area contributed by atoms with Crippen LogP contribution in [0.25, 0.3) is 0 Å². The summed E-state index contributed by atoms with van der Waals surface area (Å²) in [5.41, 5.74) is 5.18. The number of nitrogens with zero attached hydrogens (tertiary/aromatic N) is 6. The molecule has 1 aliphatic rings. The fraction of sp³-hybridized carbons (Fsp3) is 0.308. The molecule has 160 valence electrons. The monoisotopic (exact) mass is 458 g/mol. The van der Waals surface area contributed by atoms with Crippen LogP contribution in [-0.2, 0) is 36.1 Å². The molecule has 0 bridgehead atoms. The number of oxime groups is 1. The van der Waals surface area contributed by atoms with Gasteiger partial charge in [0.25, 0.3) is 11.8 Å². The number of carbonyl (C=O) groups is 3. The molecule has 2 aromatic heterocycles. The maximum absolute atomic E-state index is 12.7. The zero-order chi connectivity index (χ0) is 21.9. The second-order valence-corrected chi connectivity index (χ2v) is 7.90. The Balaban J connectivity index is 1.83. The van der Waals surface area contributed by atoms with Crippen molar-refractivity contribution in [1.29, 1.82) is 0 Å². The van der Waals surface area contributed by atoms with E-state index in [2.05, 4.69) is 25.5 Å². The van der Waals surface area contributed by atoms with Gasteiger partial charge in [-0.1, -0.05) is 5.16 Å². The third-order valence-electron chi connectivity index (χ3n) is 3.82. The van der Waals surface area contributed by atoms with Crippen LogP contribution in [0.2, 0.25) is 0 Å². The average Bonchev–Trinajstić information content (AvgIpc) is 3.33. The molecule has 1 saturated heterocycles. The number of hydrogen-bond donors (Lipinski definition) is 3. The van der Waals surface area contributed by atoms with E-state index in [-0.39, 0.29) is 27.4 Å².